The quantitative estimate of drug-likeness (QED) is 0.886. The molecule has 1 aromatic rings. The number of likely N-dealkylation sites (tertiary alicyclic amines) is 1. The smallest absolute Gasteiger partial charge is 0.216 e. The summed E-state index contributed by atoms with van der Waals surface area (Å²) in [5, 5.41) is 2.84. The van der Waals surface area contributed by atoms with E-state index in [0.717, 1.165) is 38.8 Å². The van der Waals surface area contributed by atoms with Crippen LogP contribution in [-0.4, -0.2) is 49.3 Å². The van der Waals surface area contributed by atoms with Crippen LogP contribution in [0.1, 0.15) is 38.2 Å². The SMILES string of the molecule is COc1ccc(F)c(CN2CCC3(CCC(CNC(C)=O)O3)CC2)c1. The number of hydrogen-bond acceptors (Lipinski definition) is 4. The molecule has 2 fully saturated rings. The van der Waals surface area contributed by atoms with Crippen molar-refractivity contribution in [1.82, 2.24) is 10.2 Å². The van der Waals surface area contributed by atoms with Crippen LogP contribution in [0.5, 0.6) is 5.75 Å². The van der Waals surface area contributed by atoms with E-state index in [1.54, 1.807) is 19.2 Å². The molecule has 2 aliphatic heterocycles. The molecular formula is C19H27FN2O3. The molecule has 3 rings (SSSR count). The van der Waals surface area contributed by atoms with Crippen LogP contribution in [0, 0.1) is 5.82 Å². The first-order valence-corrected chi connectivity index (χ1v) is 8.97. The van der Waals surface area contributed by atoms with Crippen molar-refractivity contribution in [2.24, 2.45) is 0 Å². The Morgan fingerprint density at radius 1 is 1.40 bits per heavy atom. The molecule has 1 atom stereocenters. The highest BCUT2D eigenvalue weighted by molar-refractivity contribution is 5.72. The molecule has 1 unspecified atom stereocenters. The molecule has 0 saturated carbocycles. The number of nitrogens with zero attached hydrogens (tertiary/aromatic N) is 1. The third-order valence-electron chi connectivity index (χ3n) is 5.33. The fourth-order valence-electron chi connectivity index (χ4n) is 3.82. The van der Waals surface area contributed by atoms with Gasteiger partial charge in [0.2, 0.25) is 5.91 Å². The van der Waals surface area contributed by atoms with E-state index >= 15 is 0 Å². The molecule has 0 radical (unpaired) electrons. The third-order valence-corrected chi connectivity index (χ3v) is 5.33. The Morgan fingerprint density at radius 3 is 2.84 bits per heavy atom. The Morgan fingerprint density at radius 2 is 2.16 bits per heavy atom. The van der Waals surface area contributed by atoms with E-state index in [1.165, 1.54) is 13.0 Å². The van der Waals surface area contributed by atoms with E-state index in [2.05, 4.69) is 10.2 Å². The summed E-state index contributed by atoms with van der Waals surface area (Å²) in [6, 6.07) is 4.88. The molecule has 0 aromatic heterocycles. The number of rotatable bonds is 5. The Balaban J connectivity index is 1.52. The molecule has 1 spiro atoms. The van der Waals surface area contributed by atoms with Crippen LogP contribution >= 0.6 is 0 Å². The normalized spacial score (nSPS) is 22.9. The summed E-state index contributed by atoms with van der Waals surface area (Å²) in [7, 11) is 1.59. The zero-order valence-corrected chi connectivity index (χ0v) is 15.0. The summed E-state index contributed by atoms with van der Waals surface area (Å²) in [6.45, 7) is 4.50. The van der Waals surface area contributed by atoms with Crippen LogP contribution in [-0.2, 0) is 16.1 Å². The van der Waals surface area contributed by atoms with E-state index in [9.17, 15) is 9.18 Å². The Hall–Kier alpha value is -1.66. The zero-order chi connectivity index (χ0) is 17.9. The molecule has 25 heavy (non-hydrogen) atoms. The van der Waals surface area contributed by atoms with Crippen molar-refractivity contribution in [3.05, 3.63) is 29.6 Å². The topological polar surface area (TPSA) is 50.8 Å². The lowest BCUT2D eigenvalue weighted by Crippen LogP contribution is -2.44. The maximum Gasteiger partial charge on any atom is 0.216 e. The number of carbonyl (C=O) groups is 1. The first-order valence-electron chi connectivity index (χ1n) is 8.97. The van der Waals surface area contributed by atoms with Crippen molar-refractivity contribution in [2.75, 3.05) is 26.7 Å². The largest absolute Gasteiger partial charge is 0.497 e. The molecule has 6 heteroatoms. The van der Waals surface area contributed by atoms with Crippen LogP contribution in [0.2, 0.25) is 0 Å². The Bertz CT molecular complexity index is 615. The van der Waals surface area contributed by atoms with Crippen molar-refractivity contribution in [1.29, 1.82) is 0 Å². The van der Waals surface area contributed by atoms with Crippen molar-refractivity contribution in [3.63, 3.8) is 0 Å². The van der Waals surface area contributed by atoms with Gasteiger partial charge < -0.3 is 14.8 Å². The molecule has 1 amide bonds. The van der Waals surface area contributed by atoms with Gasteiger partial charge in [-0.25, -0.2) is 4.39 Å². The predicted octanol–water partition coefficient (Wildman–Crippen LogP) is 2.48. The number of nitrogens with one attached hydrogen (secondary N) is 1. The lowest BCUT2D eigenvalue weighted by molar-refractivity contribution is -0.120. The van der Waals surface area contributed by atoms with Gasteiger partial charge in [-0.05, 0) is 43.9 Å². The van der Waals surface area contributed by atoms with E-state index in [4.69, 9.17) is 9.47 Å². The predicted molar refractivity (Wildman–Crippen MR) is 93.0 cm³/mol. The van der Waals surface area contributed by atoms with E-state index in [0.29, 0.717) is 24.4 Å². The lowest BCUT2D eigenvalue weighted by atomic mass is 9.88. The van der Waals surface area contributed by atoms with Crippen LogP contribution in [0.15, 0.2) is 18.2 Å². The van der Waals surface area contributed by atoms with E-state index in [1.807, 2.05) is 0 Å². The van der Waals surface area contributed by atoms with Crippen LogP contribution in [0.4, 0.5) is 4.39 Å². The Labute approximate surface area is 148 Å². The van der Waals surface area contributed by atoms with Crippen molar-refractivity contribution in [2.45, 2.75) is 50.9 Å². The number of piperidine rings is 1. The molecule has 0 aliphatic carbocycles. The first kappa shape index (κ1) is 18.1. The summed E-state index contributed by atoms with van der Waals surface area (Å²) < 4.78 is 25.5. The summed E-state index contributed by atoms with van der Waals surface area (Å²) in [6.07, 6.45) is 4.06. The van der Waals surface area contributed by atoms with Crippen LogP contribution in [0.25, 0.3) is 0 Å². The van der Waals surface area contributed by atoms with Gasteiger partial charge in [0.05, 0.1) is 18.8 Å². The van der Waals surface area contributed by atoms with Gasteiger partial charge >= 0.3 is 0 Å². The minimum Gasteiger partial charge on any atom is -0.497 e. The van der Waals surface area contributed by atoms with Gasteiger partial charge in [-0.15, -0.1) is 0 Å². The lowest BCUT2D eigenvalue weighted by Gasteiger charge is -2.39. The average molecular weight is 350 g/mol. The number of ether oxygens (including phenoxy) is 2. The van der Waals surface area contributed by atoms with Crippen molar-refractivity contribution < 1.29 is 18.7 Å². The van der Waals surface area contributed by atoms with Crippen LogP contribution < -0.4 is 10.1 Å². The maximum atomic E-state index is 14.0. The highest BCUT2D eigenvalue weighted by Gasteiger charge is 2.42. The molecule has 138 valence electrons. The number of hydrogen-bond donors (Lipinski definition) is 1. The second-order valence-electron chi connectivity index (χ2n) is 7.13. The minimum absolute atomic E-state index is 0.0142. The second kappa shape index (κ2) is 7.70. The summed E-state index contributed by atoms with van der Waals surface area (Å²) in [4.78, 5) is 13.3. The summed E-state index contributed by atoms with van der Waals surface area (Å²) >= 11 is 0. The molecule has 0 bridgehead atoms. The number of halogens is 1. The molecule has 2 saturated heterocycles. The van der Waals surface area contributed by atoms with E-state index < -0.39 is 0 Å². The summed E-state index contributed by atoms with van der Waals surface area (Å²) in [5.74, 6) is 0.484. The van der Waals surface area contributed by atoms with Gasteiger partial charge in [0.15, 0.2) is 0 Å². The van der Waals surface area contributed by atoms with Gasteiger partial charge in [0, 0.05) is 38.7 Å². The molecule has 1 aromatic carbocycles. The third kappa shape index (κ3) is 4.50. The van der Waals surface area contributed by atoms with Crippen molar-refractivity contribution in [3.8, 4) is 5.75 Å². The van der Waals surface area contributed by atoms with Gasteiger partial charge in [-0.3, -0.25) is 9.69 Å². The standard InChI is InChI=1S/C19H27FN2O3/c1-14(23)21-12-17-5-6-19(25-17)7-9-22(10-8-19)13-15-11-16(24-2)3-4-18(15)20/h3-4,11,17H,5-10,12-13H2,1-2H3,(H,21,23). The first-order chi connectivity index (χ1) is 12.0. The fourth-order valence-corrected chi connectivity index (χ4v) is 3.82. The maximum absolute atomic E-state index is 14.0. The minimum atomic E-state index is -0.187. The molecule has 2 heterocycles. The number of benzene rings is 1. The van der Waals surface area contributed by atoms with Crippen molar-refractivity contribution >= 4 is 5.91 Å². The highest BCUT2D eigenvalue weighted by atomic mass is 19.1. The monoisotopic (exact) mass is 350 g/mol. The number of amides is 1. The Kier molecular flexibility index (Phi) is 5.59. The summed E-state index contributed by atoms with van der Waals surface area (Å²) in [5.41, 5.74) is 0.609. The van der Waals surface area contributed by atoms with Gasteiger partial charge in [0.1, 0.15) is 11.6 Å². The highest BCUT2D eigenvalue weighted by Crippen LogP contribution is 2.39. The molecule has 2 aliphatic rings. The van der Waals surface area contributed by atoms with Crippen LogP contribution in [0.3, 0.4) is 0 Å². The molecule has 5 nitrogen and oxygen atoms in total. The number of methoxy groups -OCH3 is 1. The molecule has 1 N–H and O–H groups in total. The zero-order valence-electron chi connectivity index (χ0n) is 15.0. The molecular weight excluding hydrogens is 323 g/mol. The van der Waals surface area contributed by atoms with E-state index in [-0.39, 0.29) is 23.4 Å². The second-order valence-corrected chi connectivity index (χ2v) is 7.13. The van der Waals surface area contributed by atoms with Gasteiger partial charge in [0.25, 0.3) is 0 Å². The number of carbonyl (C=O) groups excluding carboxylic acids is 1. The van der Waals surface area contributed by atoms with Gasteiger partial charge in [-0.2, -0.15) is 0 Å². The fraction of sp³-hybridized carbons (Fsp3) is 0.632. The average Bonchev–Trinajstić information content (AvgIpc) is 3.00. The van der Waals surface area contributed by atoms with Gasteiger partial charge in [-0.1, -0.05) is 0 Å².